The van der Waals surface area contributed by atoms with Crippen LogP contribution in [0.2, 0.25) is 5.02 Å². The van der Waals surface area contributed by atoms with Crippen molar-refractivity contribution in [3.05, 3.63) is 45.6 Å². The largest absolute Gasteiger partial charge is 0.356 e. The molecule has 2 aromatic rings. The number of halogens is 1. The Morgan fingerprint density at radius 3 is 2.75 bits per heavy atom. The number of anilines is 1. The lowest BCUT2D eigenvalue weighted by Crippen LogP contribution is -2.30. The molecule has 0 aliphatic rings. The van der Waals surface area contributed by atoms with Crippen molar-refractivity contribution in [1.82, 2.24) is 20.0 Å². The van der Waals surface area contributed by atoms with E-state index in [4.69, 9.17) is 11.6 Å². The molecule has 0 unspecified atom stereocenters. The highest BCUT2D eigenvalue weighted by atomic mass is 35.5. The molecule has 0 fully saturated rings. The van der Waals surface area contributed by atoms with Crippen molar-refractivity contribution in [2.45, 2.75) is 20.3 Å². The lowest BCUT2D eigenvalue weighted by Gasteiger charge is -2.12. The van der Waals surface area contributed by atoms with Crippen molar-refractivity contribution in [3.63, 3.8) is 0 Å². The van der Waals surface area contributed by atoms with Crippen LogP contribution in [0.5, 0.6) is 0 Å². The van der Waals surface area contributed by atoms with E-state index in [9.17, 15) is 4.79 Å². The van der Waals surface area contributed by atoms with Crippen LogP contribution in [0.15, 0.2) is 29.1 Å². The first-order chi connectivity index (χ1) is 9.65. The molecule has 0 aliphatic carbocycles. The molecule has 0 bridgehead atoms. The van der Waals surface area contributed by atoms with Crippen LogP contribution in [-0.4, -0.2) is 21.1 Å². The Labute approximate surface area is 121 Å². The smallest absolute Gasteiger partial charge is 0.289 e. The molecule has 20 heavy (non-hydrogen) atoms. The molecule has 0 spiro atoms. The second-order valence-electron chi connectivity index (χ2n) is 4.07. The van der Waals surface area contributed by atoms with Crippen LogP contribution in [-0.2, 0) is 6.42 Å². The normalized spacial score (nSPS) is 10.6. The van der Waals surface area contributed by atoms with E-state index in [1.54, 1.807) is 24.3 Å². The number of benzene rings is 1. The Morgan fingerprint density at radius 2 is 2.10 bits per heavy atom. The van der Waals surface area contributed by atoms with Gasteiger partial charge in [0.25, 0.3) is 0 Å². The highest BCUT2D eigenvalue weighted by Gasteiger charge is 2.10. The first-order valence-corrected chi connectivity index (χ1v) is 6.78. The molecule has 1 heterocycles. The fourth-order valence-electron chi connectivity index (χ4n) is 1.78. The van der Waals surface area contributed by atoms with Crippen LogP contribution in [0, 0.1) is 0 Å². The van der Waals surface area contributed by atoms with Gasteiger partial charge in [-0.05, 0) is 18.2 Å². The van der Waals surface area contributed by atoms with Gasteiger partial charge in [-0.15, -0.1) is 0 Å². The van der Waals surface area contributed by atoms with Gasteiger partial charge in [0.2, 0.25) is 5.95 Å². The quantitative estimate of drug-likeness (QED) is 0.822. The molecule has 2 N–H and O–H groups in total. The van der Waals surface area contributed by atoms with Crippen LogP contribution in [0.3, 0.4) is 0 Å². The molecule has 1 aromatic carbocycles. The van der Waals surface area contributed by atoms with Gasteiger partial charge in [0.15, 0.2) is 0 Å². The number of aryl methyl sites for hydroxylation is 1. The molecular weight excluding hydrogens is 278 g/mol. The number of hydrazine groups is 1. The van der Waals surface area contributed by atoms with Crippen molar-refractivity contribution in [2.75, 3.05) is 12.0 Å². The Balaban J connectivity index is 2.50. The van der Waals surface area contributed by atoms with E-state index in [2.05, 4.69) is 20.8 Å². The third-order valence-corrected chi connectivity index (χ3v) is 2.88. The zero-order chi connectivity index (χ0) is 14.5. The molecule has 0 radical (unpaired) electrons. The van der Waals surface area contributed by atoms with Gasteiger partial charge in [0.1, 0.15) is 5.82 Å². The summed E-state index contributed by atoms with van der Waals surface area (Å²) in [6.45, 7) is 4.56. The van der Waals surface area contributed by atoms with Crippen molar-refractivity contribution >= 4 is 17.5 Å². The summed E-state index contributed by atoms with van der Waals surface area (Å²) < 4.78 is 1.46. The van der Waals surface area contributed by atoms with E-state index in [1.165, 1.54) is 4.57 Å². The molecule has 6 nitrogen and oxygen atoms in total. The minimum Gasteiger partial charge on any atom is -0.289 e. The van der Waals surface area contributed by atoms with Gasteiger partial charge in [-0.2, -0.15) is 9.97 Å². The average molecular weight is 294 g/mol. The molecule has 2 rings (SSSR count). The van der Waals surface area contributed by atoms with Gasteiger partial charge in [-0.1, -0.05) is 31.5 Å². The summed E-state index contributed by atoms with van der Waals surface area (Å²) in [7, 11) is 0. The highest BCUT2D eigenvalue weighted by Crippen LogP contribution is 2.14. The van der Waals surface area contributed by atoms with E-state index < -0.39 is 0 Å². The predicted molar refractivity (Wildman–Crippen MR) is 79.3 cm³/mol. The van der Waals surface area contributed by atoms with Crippen LogP contribution in [0.1, 0.15) is 19.7 Å². The molecule has 0 amide bonds. The number of rotatable bonds is 5. The van der Waals surface area contributed by atoms with Crippen LogP contribution < -0.4 is 16.5 Å². The number of hydrogen-bond acceptors (Lipinski definition) is 5. The monoisotopic (exact) mass is 293 g/mol. The zero-order valence-electron chi connectivity index (χ0n) is 11.4. The maximum atomic E-state index is 12.2. The summed E-state index contributed by atoms with van der Waals surface area (Å²) in [4.78, 5) is 20.4. The summed E-state index contributed by atoms with van der Waals surface area (Å²) in [5.74, 6) is 0.889. The second kappa shape index (κ2) is 6.49. The van der Waals surface area contributed by atoms with Gasteiger partial charge in [0.05, 0.1) is 5.69 Å². The van der Waals surface area contributed by atoms with Crippen molar-refractivity contribution in [3.8, 4) is 5.69 Å². The summed E-state index contributed by atoms with van der Waals surface area (Å²) in [6, 6.07) is 7.05. The van der Waals surface area contributed by atoms with Crippen LogP contribution >= 0.6 is 11.6 Å². The van der Waals surface area contributed by atoms with Gasteiger partial charge in [0, 0.05) is 18.0 Å². The Hall–Kier alpha value is -1.92. The minimum atomic E-state index is -0.389. The van der Waals surface area contributed by atoms with E-state index >= 15 is 0 Å². The number of aromatic nitrogens is 3. The topological polar surface area (TPSA) is 71.8 Å². The molecule has 106 valence electrons. The maximum absolute atomic E-state index is 12.2. The number of nitrogens with one attached hydrogen (secondary N) is 2. The van der Waals surface area contributed by atoms with Gasteiger partial charge < -0.3 is 0 Å². The fraction of sp³-hybridized carbons (Fsp3) is 0.308. The Bertz CT molecular complexity index is 655. The SMILES string of the molecule is CCNNc1nc(CC)n(-c2cccc(Cl)c2)c(=O)n1. The highest BCUT2D eigenvalue weighted by molar-refractivity contribution is 6.30. The molecule has 1 aromatic heterocycles. The third-order valence-electron chi connectivity index (χ3n) is 2.65. The number of hydrogen-bond donors (Lipinski definition) is 2. The van der Waals surface area contributed by atoms with Crippen LogP contribution in [0.4, 0.5) is 5.95 Å². The fourth-order valence-corrected chi connectivity index (χ4v) is 1.97. The summed E-state index contributed by atoms with van der Waals surface area (Å²) in [5.41, 5.74) is 5.93. The zero-order valence-corrected chi connectivity index (χ0v) is 12.1. The second-order valence-corrected chi connectivity index (χ2v) is 4.51. The summed E-state index contributed by atoms with van der Waals surface area (Å²) >= 11 is 5.96. The average Bonchev–Trinajstić information content (AvgIpc) is 2.44. The standard InChI is InChI=1S/C13H16ClN5O/c1-3-11-16-12(18-15-4-2)17-13(20)19(11)10-7-5-6-9(14)8-10/h5-8,15H,3-4H2,1-2H3,(H,17,18,20). The third kappa shape index (κ3) is 3.15. The van der Waals surface area contributed by atoms with E-state index in [-0.39, 0.29) is 11.6 Å². The van der Waals surface area contributed by atoms with E-state index in [0.717, 1.165) is 0 Å². The molecular formula is C13H16ClN5O. The summed E-state index contributed by atoms with van der Waals surface area (Å²) in [5, 5.41) is 0.561. The molecule has 0 atom stereocenters. The Morgan fingerprint density at radius 1 is 1.30 bits per heavy atom. The van der Waals surface area contributed by atoms with Crippen molar-refractivity contribution < 1.29 is 0 Å². The van der Waals surface area contributed by atoms with Gasteiger partial charge in [-0.3, -0.25) is 5.43 Å². The van der Waals surface area contributed by atoms with E-state index in [1.807, 2.05) is 13.8 Å². The Kier molecular flexibility index (Phi) is 4.70. The summed E-state index contributed by atoms with van der Waals surface area (Å²) in [6.07, 6.45) is 0.602. The first-order valence-electron chi connectivity index (χ1n) is 6.40. The van der Waals surface area contributed by atoms with Gasteiger partial charge in [-0.25, -0.2) is 14.8 Å². The van der Waals surface area contributed by atoms with Crippen molar-refractivity contribution in [2.24, 2.45) is 0 Å². The predicted octanol–water partition coefficient (Wildman–Crippen LogP) is 1.78. The molecule has 7 heteroatoms. The van der Waals surface area contributed by atoms with Crippen LogP contribution in [0.25, 0.3) is 5.69 Å². The van der Waals surface area contributed by atoms with Gasteiger partial charge >= 0.3 is 5.69 Å². The lowest BCUT2D eigenvalue weighted by molar-refractivity contribution is 0.747. The van der Waals surface area contributed by atoms with Crippen molar-refractivity contribution in [1.29, 1.82) is 0 Å². The van der Waals surface area contributed by atoms with E-state index in [0.29, 0.717) is 29.5 Å². The maximum Gasteiger partial charge on any atom is 0.356 e. The molecule has 0 aliphatic heterocycles. The first kappa shape index (κ1) is 14.5. The lowest BCUT2D eigenvalue weighted by atomic mass is 10.3. The molecule has 0 saturated heterocycles. The minimum absolute atomic E-state index is 0.270. The molecule has 0 saturated carbocycles. The number of nitrogens with zero attached hydrogens (tertiary/aromatic N) is 3.